The van der Waals surface area contributed by atoms with Crippen LogP contribution >= 0.6 is 0 Å². The number of hydrogen-bond acceptors (Lipinski definition) is 3. The zero-order valence-corrected chi connectivity index (χ0v) is 11.7. The number of nitrogens with one attached hydrogen (secondary N) is 1. The van der Waals surface area contributed by atoms with Crippen molar-refractivity contribution in [2.75, 3.05) is 19.8 Å². The number of carbonyl (C=O) groups excluding carboxylic acids is 1. The zero-order valence-electron chi connectivity index (χ0n) is 11.7. The number of aromatic nitrogens is 1. The van der Waals surface area contributed by atoms with E-state index < -0.39 is 0 Å². The molecule has 106 valence electrons. The molecule has 1 N–H and O–H groups in total. The van der Waals surface area contributed by atoms with Gasteiger partial charge in [-0.3, -0.25) is 9.78 Å². The lowest BCUT2D eigenvalue weighted by molar-refractivity contribution is 0.0938. The van der Waals surface area contributed by atoms with Crippen molar-refractivity contribution in [3.8, 4) is 0 Å². The molecule has 0 aromatic carbocycles. The molecule has 1 saturated heterocycles. The van der Waals surface area contributed by atoms with Crippen molar-refractivity contribution in [1.29, 1.82) is 0 Å². The van der Waals surface area contributed by atoms with E-state index in [1.165, 1.54) is 0 Å². The first-order valence-electron chi connectivity index (χ1n) is 7.03. The summed E-state index contributed by atoms with van der Waals surface area (Å²) in [6.45, 7) is 6.48. The highest BCUT2D eigenvalue weighted by Gasteiger charge is 2.19. The van der Waals surface area contributed by atoms with E-state index in [0.717, 1.165) is 31.6 Å². The highest BCUT2D eigenvalue weighted by molar-refractivity contribution is 5.93. The predicted octanol–water partition coefficient (Wildman–Crippen LogP) is 2.61. The Morgan fingerprint density at radius 1 is 1.68 bits per heavy atom. The number of rotatable bonds is 5. The van der Waals surface area contributed by atoms with E-state index in [9.17, 15) is 4.79 Å². The minimum atomic E-state index is -0.0669. The van der Waals surface area contributed by atoms with E-state index in [-0.39, 0.29) is 7.33 Å². The van der Waals surface area contributed by atoms with Crippen LogP contribution in [0.25, 0.3) is 0 Å². The summed E-state index contributed by atoms with van der Waals surface area (Å²) in [5.74, 6) is 0.728. The largest absolute Gasteiger partial charge is 0.381 e. The molecule has 19 heavy (non-hydrogen) atoms. The smallest absolute Gasteiger partial charge is 0.270 e. The number of hydrogen-bond donors (Lipinski definition) is 1. The lowest BCUT2D eigenvalue weighted by Gasteiger charge is -2.14. The first-order valence-corrected chi connectivity index (χ1v) is 7.03. The lowest BCUT2D eigenvalue weighted by Crippen LogP contribution is -2.31. The van der Waals surface area contributed by atoms with E-state index in [1.807, 2.05) is 12.1 Å². The Morgan fingerprint density at radius 3 is 3.21 bits per heavy atom. The number of nitrogens with zero attached hydrogens (tertiary/aromatic N) is 1. The van der Waals surface area contributed by atoms with Gasteiger partial charge in [0.1, 0.15) is 5.69 Å². The maximum Gasteiger partial charge on any atom is 0.270 e. The maximum atomic E-state index is 12.2. The molecule has 1 aromatic heterocycles. The molecule has 1 aliphatic heterocycles. The van der Waals surface area contributed by atoms with Gasteiger partial charge in [0.05, 0.1) is 6.61 Å². The van der Waals surface area contributed by atoms with Crippen LogP contribution in [-0.4, -0.2) is 30.6 Å². The molecule has 1 unspecified atom stereocenters. The molecule has 1 fully saturated rings. The molecule has 0 radical (unpaired) electrons. The second kappa shape index (κ2) is 6.66. The van der Waals surface area contributed by atoms with Gasteiger partial charge in [-0.15, -0.1) is 0 Å². The van der Waals surface area contributed by atoms with Crippen molar-refractivity contribution in [1.82, 2.24) is 10.3 Å². The van der Waals surface area contributed by atoms with Gasteiger partial charge in [0, 0.05) is 26.7 Å². The normalized spacial score (nSPS) is 20.2. The van der Waals surface area contributed by atoms with E-state index in [4.69, 9.17) is 4.74 Å². The Hall–Kier alpha value is -1.42. The Bertz CT molecular complexity index is 434. The summed E-state index contributed by atoms with van der Waals surface area (Å²) in [4.78, 5) is 16.5. The summed E-state index contributed by atoms with van der Waals surface area (Å²) < 4.78 is 5.31. The Balaban J connectivity index is 0.00000200. The van der Waals surface area contributed by atoms with Crippen molar-refractivity contribution < 1.29 is 11.0 Å². The molecule has 0 aliphatic carbocycles. The van der Waals surface area contributed by atoms with Crippen molar-refractivity contribution in [2.45, 2.75) is 32.6 Å². The van der Waals surface area contributed by atoms with E-state index in [1.54, 1.807) is 6.20 Å². The molecule has 0 saturated carbocycles. The molecule has 0 spiro atoms. The summed E-state index contributed by atoms with van der Waals surface area (Å²) in [5.41, 5.74) is 1.60. The topological polar surface area (TPSA) is 51.2 Å². The summed E-state index contributed by atoms with van der Waals surface area (Å²) in [6.07, 6.45) is 3.71. The van der Waals surface area contributed by atoms with E-state index in [0.29, 0.717) is 24.1 Å². The fourth-order valence-corrected chi connectivity index (χ4v) is 2.29. The van der Waals surface area contributed by atoms with Crippen molar-refractivity contribution in [3.05, 3.63) is 29.6 Å². The third-order valence-electron chi connectivity index (χ3n) is 3.77. The maximum absolute atomic E-state index is 12.2. The Morgan fingerprint density at radius 2 is 2.53 bits per heavy atom. The molecule has 4 heteroatoms. The van der Waals surface area contributed by atoms with Gasteiger partial charge in [-0.1, -0.05) is 19.9 Å². The van der Waals surface area contributed by atoms with Gasteiger partial charge in [0.15, 0.2) is 0 Å². The van der Waals surface area contributed by atoms with E-state index in [2.05, 4.69) is 24.1 Å². The van der Waals surface area contributed by atoms with Gasteiger partial charge < -0.3 is 10.1 Å². The zero-order chi connectivity index (χ0) is 13.7. The van der Waals surface area contributed by atoms with Crippen LogP contribution in [0.2, 0.25) is 0 Å². The highest BCUT2D eigenvalue weighted by Crippen LogP contribution is 2.21. The minimum absolute atomic E-state index is 0. The molecule has 4 nitrogen and oxygen atoms in total. The Labute approximate surface area is 116 Å². The van der Waals surface area contributed by atoms with Crippen LogP contribution in [0.5, 0.6) is 0 Å². The van der Waals surface area contributed by atoms with Gasteiger partial charge >= 0.3 is 0 Å². The Kier molecular flexibility index (Phi) is 4.91. The number of carbonyl (C=O) groups is 1. The first kappa shape index (κ1) is 14.0. The van der Waals surface area contributed by atoms with Gasteiger partial charge in [-0.05, 0) is 30.4 Å². The second-order valence-corrected chi connectivity index (χ2v) is 5.19. The quantitative estimate of drug-likeness (QED) is 0.889. The van der Waals surface area contributed by atoms with Crippen LogP contribution in [-0.2, 0) is 4.74 Å². The van der Waals surface area contributed by atoms with Crippen LogP contribution in [0, 0.1) is 5.92 Å². The SMILES string of the molecule is CCC(C)c1cccnc1C(=O)NC[C@H]1CCOC1.[HH]. The lowest BCUT2D eigenvalue weighted by atomic mass is 9.96. The summed E-state index contributed by atoms with van der Waals surface area (Å²) in [7, 11) is 0. The minimum Gasteiger partial charge on any atom is -0.381 e. The molecule has 1 aliphatic rings. The third kappa shape index (κ3) is 3.53. The van der Waals surface area contributed by atoms with Gasteiger partial charge in [0.25, 0.3) is 5.91 Å². The van der Waals surface area contributed by atoms with Gasteiger partial charge in [0.2, 0.25) is 0 Å². The van der Waals surface area contributed by atoms with Crippen LogP contribution < -0.4 is 5.32 Å². The van der Waals surface area contributed by atoms with E-state index >= 15 is 0 Å². The summed E-state index contributed by atoms with van der Waals surface area (Å²) in [5, 5.41) is 2.98. The predicted molar refractivity (Wildman–Crippen MR) is 76.3 cm³/mol. The number of ether oxygens (including phenoxy) is 1. The summed E-state index contributed by atoms with van der Waals surface area (Å²) >= 11 is 0. The molecule has 1 aromatic rings. The highest BCUT2D eigenvalue weighted by atomic mass is 16.5. The standard InChI is InChI=1S/C15H22N2O2.H2/c1-3-11(2)13-5-4-7-16-14(13)15(18)17-9-12-6-8-19-10-12;/h4-5,7,11-12H,3,6,8-10H2,1-2H3,(H,17,18);1H/t11?,12-;/m1./s1. The average molecular weight is 264 g/mol. The molecule has 2 heterocycles. The van der Waals surface area contributed by atoms with Crippen LogP contribution in [0.15, 0.2) is 18.3 Å². The van der Waals surface area contributed by atoms with Gasteiger partial charge in [-0.25, -0.2) is 0 Å². The second-order valence-electron chi connectivity index (χ2n) is 5.19. The van der Waals surface area contributed by atoms with Crippen LogP contribution in [0.1, 0.15) is 50.1 Å². The van der Waals surface area contributed by atoms with Crippen LogP contribution in [0.3, 0.4) is 0 Å². The van der Waals surface area contributed by atoms with Crippen molar-refractivity contribution in [3.63, 3.8) is 0 Å². The van der Waals surface area contributed by atoms with Crippen LogP contribution in [0.4, 0.5) is 0 Å². The molecule has 0 bridgehead atoms. The van der Waals surface area contributed by atoms with Crippen molar-refractivity contribution in [2.24, 2.45) is 5.92 Å². The summed E-state index contributed by atoms with van der Waals surface area (Å²) in [6, 6.07) is 3.89. The average Bonchev–Trinajstić information content (AvgIpc) is 2.97. The third-order valence-corrected chi connectivity index (χ3v) is 3.77. The molecular formula is C15H24N2O2. The fraction of sp³-hybridized carbons (Fsp3) is 0.600. The van der Waals surface area contributed by atoms with Crippen molar-refractivity contribution >= 4 is 5.91 Å². The first-order chi connectivity index (χ1) is 9.22. The monoisotopic (exact) mass is 264 g/mol. The fourth-order valence-electron chi connectivity index (χ4n) is 2.29. The molecule has 2 atom stereocenters. The number of amides is 1. The van der Waals surface area contributed by atoms with Gasteiger partial charge in [-0.2, -0.15) is 0 Å². The molecule has 1 amide bonds. The molecule has 2 rings (SSSR count). The molecular weight excluding hydrogens is 240 g/mol. The number of pyridine rings is 1.